The fourth-order valence-corrected chi connectivity index (χ4v) is 8.45. The van der Waals surface area contributed by atoms with Gasteiger partial charge in [0, 0.05) is 57.3 Å². The first-order valence-electron chi connectivity index (χ1n) is 18.7. The van der Waals surface area contributed by atoms with Gasteiger partial charge < -0.3 is 53.8 Å². The van der Waals surface area contributed by atoms with Gasteiger partial charge in [0.05, 0.1) is 35.9 Å². The minimum Gasteiger partial charge on any atom is -0.457 e. The Morgan fingerprint density at radius 3 is 2.34 bits per heavy atom. The summed E-state index contributed by atoms with van der Waals surface area (Å²) >= 11 is 0. The molecule has 0 saturated carbocycles. The van der Waals surface area contributed by atoms with Gasteiger partial charge in [-0.05, 0) is 78.7 Å². The number of nitrogens with zero attached hydrogens (tertiary/aromatic N) is 2. The average molecular weight is 750 g/mol. The molecule has 4 rings (SSSR count). The number of likely N-dealkylation sites (N-methyl/N-ethyl adjacent to an activating group) is 1. The summed E-state index contributed by atoms with van der Waals surface area (Å²) in [4.78, 5) is 43.2. The first-order chi connectivity index (χ1) is 24.7. The first-order valence-corrected chi connectivity index (χ1v) is 18.7. The number of aliphatic hydroxyl groups is 2. The number of esters is 1. The van der Waals surface area contributed by atoms with Gasteiger partial charge in [-0.1, -0.05) is 26.8 Å². The maximum absolute atomic E-state index is 14.2. The molecule has 3 heterocycles. The van der Waals surface area contributed by atoms with Crippen LogP contribution in [0.4, 0.5) is 5.69 Å². The molecule has 0 aliphatic carbocycles. The Hall–Kier alpha value is -2.69. The molecule has 0 spiro atoms. The van der Waals surface area contributed by atoms with Gasteiger partial charge in [-0.3, -0.25) is 14.4 Å². The number of ether oxygens (including phenoxy) is 6. The predicted molar refractivity (Wildman–Crippen MR) is 197 cm³/mol. The molecule has 2 bridgehead atoms. The molecule has 3 aliphatic heterocycles. The maximum Gasteiger partial charge on any atom is 0.303 e. The Labute approximate surface area is 314 Å². The van der Waals surface area contributed by atoms with Crippen molar-refractivity contribution in [3.63, 3.8) is 0 Å². The maximum atomic E-state index is 14.2. The Kier molecular flexibility index (Phi) is 14.1. The zero-order chi connectivity index (χ0) is 39.6. The second-order valence-electron chi connectivity index (χ2n) is 16.3. The van der Waals surface area contributed by atoms with E-state index in [1.807, 2.05) is 46.7 Å². The molecule has 0 radical (unpaired) electrons. The summed E-state index contributed by atoms with van der Waals surface area (Å²) in [5.41, 5.74) is -1.71. The number of methoxy groups -OCH3 is 1. The number of fused-ring (bicyclic) bond motifs is 2. The predicted octanol–water partition coefficient (Wildman–Crippen LogP) is 3.43. The number of hydrogen-bond donors (Lipinski definition) is 3. The molecule has 300 valence electrons. The summed E-state index contributed by atoms with van der Waals surface area (Å²) in [7, 11) is 7.01. The van der Waals surface area contributed by atoms with Crippen molar-refractivity contribution in [2.75, 3.05) is 40.1 Å². The average Bonchev–Trinajstić information content (AvgIpc) is 3.07. The van der Waals surface area contributed by atoms with Gasteiger partial charge in [0.15, 0.2) is 18.7 Å². The lowest BCUT2D eigenvalue weighted by molar-refractivity contribution is -0.318. The third-order valence-corrected chi connectivity index (χ3v) is 11.2. The van der Waals surface area contributed by atoms with Crippen molar-refractivity contribution in [1.82, 2.24) is 9.80 Å². The van der Waals surface area contributed by atoms with Crippen LogP contribution in [0.1, 0.15) is 85.0 Å². The summed E-state index contributed by atoms with van der Waals surface area (Å²) in [6.07, 6.45) is -5.72. The number of carbonyl (C=O) groups excluding carboxylic acids is 3. The lowest BCUT2D eigenvalue weighted by atomic mass is 9.77. The topological polar surface area (TPSA) is 166 Å². The summed E-state index contributed by atoms with van der Waals surface area (Å²) in [5.74, 6) is -2.86. The van der Waals surface area contributed by atoms with Gasteiger partial charge >= 0.3 is 5.97 Å². The van der Waals surface area contributed by atoms with Gasteiger partial charge in [0.1, 0.15) is 11.7 Å². The van der Waals surface area contributed by atoms with Crippen molar-refractivity contribution in [3.05, 3.63) is 29.8 Å². The van der Waals surface area contributed by atoms with Crippen LogP contribution in [0.5, 0.6) is 0 Å². The first kappa shape index (κ1) is 43.0. The fraction of sp³-hybridized carbons (Fsp3) is 0.769. The second-order valence-corrected chi connectivity index (χ2v) is 16.3. The molecule has 2 saturated heterocycles. The number of anilines is 1. The Balaban J connectivity index is 1.80. The Morgan fingerprint density at radius 2 is 1.72 bits per heavy atom. The van der Waals surface area contributed by atoms with Gasteiger partial charge in [0.2, 0.25) is 5.91 Å². The van der Waals surface area contributed by atoms with E-state index in [1.54, 1.807) is 57.0 Å². The summed E-state index contributed by atoms with van der Waals surface area (Å²) in [6.45, 7) is 14.4. The van der Waals surface area contributed by atoms with E-state index in [9.17, 15) is 24.6 Å². The zero-order valence-corrected chi connectivity index (χ0v) is 33.5. The largest absolute Gasteiger partial charge is 0.457 e. The number of aliphatic hydroxyl groups excluding tert-OH is 1. The molecule has 53 heavy (non-hydrogen) atoms. The van der Waals surface area contributed by atoms with E-state index < -0.39 is 78.0 Å². The molecule has 1 aromatic carbocycles. The van der Waals surface area contributed by atoms with Gasteiger partial charge in [-0.2, -0.15) is 0 Å². The van der Waals surface area contributed by atoms with E-state index in [1.165, 1.54) is 14.0 Å². The number of benzene rings is 1. The van der Waals surface area contributed by atoms with Crippen molar-refractivity contribution in [2.24, 2.45) is 17.8 Å². The van der Waals surface area contributed by atoms with E-state index in [0.717, 1.165) is 0 Å². The quantitative estimate of drug-likeness (QED) is 0.349. The van der Waals surface area contributed by atoms with Crippen molar-refractivity contribution < 1.29 is 53.0 Å². The molecule has 0 unspecified atom stereocenters. The van der Waals surface area contributed by atoms with Crippen LogP contribution in [0.25, 0.3) is 0 Å². The van der Waals surface area contributed by atoms with Crippen LogP contribution in [-0.2, 0) is 38.0 Å². The number of nitrogens with one attached hydrogen (secondary N) is 1. The van der Waals surface area contributed by atoms with Crippen LogP contribution in [0.3, 0.4) is 0 Å². The van der Waals surface area contributed by atoms with E-state index >= 15 is 0 Å². The lowest BCUT2D eigenvalue weighted by Crippen LogP contribution is -2.61. The highest BCUT2D eigenvalue weighted by Crippen LogP contribution is 2.40. The lowest BCUT2D eigenvalue weighted by Gasteiger charge is -2.49. The number of amides is 2. The van der Waals surface area contributed by atoms with Gasteiger partial charge in [0.25, 0.3) is 5.91 Å². The summed E-state index contributed by atoms with van der Waals surface area (Å²) < 4.78 is 37.6. The third kappa shape index (κ3) is 10.1. The minimum absolute atomic E-state index is 0.158. The highest BCUT2D eigenvalue weighted by molar-refractivity contribution is 5.97. The highest BCUT2D eigenvalue weighted by Gasteiger charge is 2.52. The molecule has 0 aromatic heterocycles. The van der Waals surface area contributed by atoms with Gasteiger partial charge in [-0.25, -0.2) is 0 Å². The van der Waals surface area contributed by atoms with Crippen molar-refractivity contribution in [3.8, 4) is 0 Å². The van der Waals surface area contributed by atoms with Crippen LogP contribution in [0, 0.1) is 17.8 Å². The number of carbonyl (C=O) groups is 3. The van der Waals surface area contributed by atoms with Crippen LogP contribution >= 0.6 is 0 Å². The monoisotopic (exact) mass is 749 g/mol. The molecule has 14 atom stereocenters. The van der Waals surface area contributed by atoms with E-state index in [2.05, 4.69) is 5.32 Å². The van der Waals surface area contributed by atoms with Crippen molar-refractivity contribution >= 4 is 23.5 Å². The molecule has 3 N–H and O–H groups in total. The second kappa shape index (κ2) is 17.4. The Bertz CT molecular complexity index is 1430. The van der Waals surface area contributed by atoms with Crippen LogP contribution in [-0.4, -0.2) is 139 Å². The molecular weight excluding hydrogens is 686 g/mol. The molecule has 2 fully saturated rings. The summed E-state index contributed by atoms with van der Waals surface area (Å²) in [6, 6.07) is 6.50. The van der Waals surface area contributed by atoms with Crippen LogP contribution in [0.15, 0.2) is 24.3 Å². The molecule has 14 nitrogen and oxygen atoms in total. The number of rotatable bonds is 7. The third-order valence-electron chi connectivity index (χ3n) is 11.2. The highest BCUT2D eigenvalue weighted by atomic mass is 16.7. The molecule has 3 aliphatic rings. The zero-order valence-electron chi connectivity index (χ0n) is 33.5. The molecular formula is C39H63N3O11. The van der Waals surface area contributed by atoms with E-state index in [4.69, 9.17) is 28.4 Å². The summed E-state index contributed by atoms with van der Waals surface area (Å²) in [5, 5.41) is 27.0. The van der Waals surface area contributed by atoms with Crippen LogP contribution in [0.2, 0.25) is 0 Å². The Morgan fingerprint density at radius 1 is 1.04 bits per heavy atom. The minimum atomic E-state index is -1.57. The van der Waals surface area contributed by atoms with Crippen molar-refractivity contribution in [2.45, 2.75) is 141 Å². The van der Waals surface area contributed by atoms with Gasteiger partial charge in [-0.15, -0.1) is 0 Å². The molecule has 1 aromatic rings. The molecule has 2 amide bonds. The normalized spacial score (nSPS) is 40.6. The number of hydrogen-bond acceptors (Lipinski definition) is 12. The molecule has 14 heteroatoms. The van der Waals surface area contributed by atoms with Crippen LogP contribution < -0.4 is 5.32 Å². The van der Waals surface area contributed by atoms with E-state index in [0.29, 0.717) is 24.2 Å². The SMILES string of the molecule is CO[C@]1(C)C[C@H](O[C@H]2[C@H](C)[C@@H](O[C@@H]3O[C@H](C)C[C@H](N(C)C)[C@H]3O)[C@](C)(O)C[C@@H](C)CN(C)C(=O)c3cccc(c3)NC(=O)[C@@H]2C)O[C@@H](C)[C@@H]1OC(C)=O. The van der Waals surface area contributed by atoms with Crippen molar-refractivity contribution in [1.29, 1.82) is 0 Å². The fourth-order valence-electron chi connectivity index (χ4n) is 8.45. The smallest absolute Gasteiger partial charge is 0.303 e. The van der Waals surface area contributed by atoms with E-state index in [-0.39, 0.29) is 36.8 Å². The standard InChI is InChI=1S/C39H63N3O11/c1-21-18-38(7,47)33(53-37-31(44)29(41(9)10)16-22(2)49-37)23(3)32(52-30-19-39(8,48-12)34(25(5)50-30)51-26(6)43)24(4)35(45)40-28-15-13-14-27(17-28)36(46)42(11)20-21/h13-15,17,21-25,29-34,37,44,47H,16,18-20H2,1-12H3,(H,40,45)/t21-,22-,23+,24-,25+,29+,30+,31-,32+,33-,34+,37+,38-,39-/m1/s1.